The van der Waals surface area contributed by atoms with Crippen LogP contribution in [0.15, 0.2) is 0 Å². The molecule has 2 unspecified atom stereocenters. The van der Waals surface area contributed by atoms with Crippen LogP contribution in [0, 0.1) is 0 Å². The summed E-state index contributed by atoms with van der Waals surface area (Å²) in [4.78, 5) is 25.4. The first-order valence-electron chi connectivity index (χ1n) is 7.84. The van der Waals surface area contributed by atoms with Gasteiger partial charge in [0, 0.05) is 32.8 Å². The predicted molar refractivity (Wildman–Crippen MR) is 79.9 cm³/mol. The second-order valence-electron chi connectivity index (χ2n) is 5.54. The minimum atomic E-state index is -0.537. The van der Waals surface area contributed by atoms with Gasteiger partial charge in [-0.15, -0.1) is 0 Å². The largest absolute Gasteiger partial charge is 0.381 e. The second kappa shape index (κ2) is 9.73. The minimum Gasteiger partial charge on any atom is -0.381 e. The first kappa shape index (κ1) is 17.9. The van der Waals surface area contributed by atoms with Gasteiger partial charge in [-0.2, -0.15) is 0 Å². The fourth-order valence-corrected chi connectivity index (χ4v) is 2.29. The van der Waals surface area contributed by atoms with Gasteiger partial charge in [-0.25, -0.2) is 0 Å². The average molecular weight is 300 g/mol. The third kappa shape index (κ3) is 6.91. The van der Waals surface area contributed by atoms with E-state index in [4.69, 9.17) is 9.47 Å². The third-order valence-electron chi connectivity index (χ3n) is 3.29. The highest BCUT2D eigenvalue weighted by atomic mass is 16.5. The molecule has 6 nitrogen and oxygen atoms in total. The lowest BCUT2D eigenvalue weighted by molar-refractivity contribution is -0.153. The molecule has 1 rings (SSSR count). The number of nitrogens with one attached hydrogen (secondary N) is 1. The van der Waals surface area contributed by atoms with E-state index in [1.165, 1.54) is 0 Å². The number of hydrogen-bond acceptors (Lipinski definition) is 4. The first-order chi connectivity index (χ1) is 10.0. The summed E-state index contributed by atoms with van der Waals surface area (Å²) in [5, 5.41) is 2.65. The normalized spacial score (nSPS) is 22.1. The maximum atomic E-state index is 12.0. The topological polar surface area (TPSA) is 67.9 Å². The number of ether oxygens (including phenoxy) is 2. The number of amides is 2. The number of carbonyl (C=O) groups excluding carboxylic acids is 2. The van der Waals surface area contributed by atoms with Crippen molar-refractivity contribution in [3.05, 3.63) is 0 Å². The molecule has 0 aromatic rings. The van der Waals surface area contributed by atoms with Crippen molar-refractivity contribution < 1.29 is 19.1 Å². The van der Waals surface area contributed by atoms with E-state index in [-0.39, 0.29) is 12.2 Å². The number of unbranched alkanes of at least 4 members (excludes halogenated alkanes) is 1. The Morgan fingerprint density at radius 3 is 2.43 bits per heavy atom. The van der Waals surface area contributed by atoms with E-state index in [0.717, 1.165) is 25.9 Å². The molecule has 0 bridgehead atoms. The Bertz CT molecular complexity index is 326. The zero-order valence-corrected chi connectivity index (χ0v) is 13.4. The SMILES string of the molecule is CCCCOCCCNC(=O)C(=O)N1CC(C)OC(C)C1. The molecule has 2 atom stereocenters. The van der Waals surface area contributed by atoms with Crippen molar-refractivity contribution in [3.63, 3.8) is 0 Å². The van der Waals surface area contributed by atoms with Gasteiger partial charge in [0.15, 0.2) is 0 Å². The quantitative estimate of drug-likeness (QED) is 0.561. The molecule has 1 saturated heterocycles. The molecule has 0 saturated carbocycles. The zero-order valence-electron chi connectivity index (χ0n) is 13.4. The molecule has 1 aliphatic rings. The molecule has 0 radical (unpaired) electrons. The highest BCUT2D eigenvalue weighted by Gasteiger charge is 2.29. The van der Waals surface area contributed by atoms with E-state index in [2.05, 4.69) is 12.2 Å². The standard InChI is InChI=1S/C15H28N2O4/c1-4-5-8-20-9-6-7-16-14(18)15(19)17-10-12(2)21-13(3)11-17/h12-13H,4-11H2,1-3H3,(H,16,18). The molecule has 1 fully saturated rings. The molecule has 1 aliphatic heterocycles. The molecule has 2 amide bonds. The molecule has 0 aliphatic carbocycles. The van der Waals surface area contributed by atoms with Crippen molar-refractivity contribution in [3.8, 4) is 0 Å². The fraction of sp³-hybridized carbons (Fsp3) is 0.867. The number of carbonyl (C=O) groups is 2. The molecule has 21 heavy (non-hydrogen) atoms. The third-order valence-corrected chi connectivity index (χ3v) is 3.29. The van der Waals surface area contributed by atoms with Gasteiger partial charge in [0.25, 0.3) is 0 Å². The predicted octanol–water partition coefficient (Wildman–Crippen LogP) is 0.945. The maximum Gasteiger partial charge on any atom is 0.312 e. The summed E-state index contributed by atoms with van der Waals surface area (Å²) < 4.78 is 10.9. The molecule has 0 aromatic carbocycles. The highest BCUT2D eigenvalue weighted by molar-refractivity contribution is 6.35. The van der Waals surface area contributed by atoms with Crippen LogP contribution in [0.1, 0.15) is 40.0 Å². The summed E-state index contributed by atoms with van der Waals surface area (Å²) >= 11 is 0. The number of rotatable bonds is 7. The van der Waals surface area contributed by atoms with Gasteiger partial charge in [-0.05, 0) is 26.7 Å². The Hall–Kier alpha value is -1.14. The molecule has 122 valence electrons. The van der Waals surface area contributed by atoms with E-state index in [1.807, 2.05) is 13.8 Å². The lowest BCUT2D eigenvalue weighted by Crippen LogP contribution is -2.52. The Balaban J connectivity index is 2.17. The van der Waals surface area contributed by atoms with Crippen LogP contribution < -0.4 is 5.32 Å². The smallest absolute Gasteiger partial charge is 0.312 e. The van der Waals surface area contributed by atoms with Gasteiger partial charge < -0.3 is 19.7 Å². The summed E-state index contributed by atoms with van der Waals surface area (Å²) in [6.07, 6.45) is 2.83. The van der Waals surface area contributed by atoms with E-state index in [0.29, 0.717) is 26.2 Å². The Labute approximate surface area is 127 Å². The zero-order chi connectivity index (χ0) is 15.7. The van der Waals surface area contributed by atoms with E-state index < -0.39 is 11.8 Å². The molecule has 0 spiro atoms. The van der Waals surface area contributed by atoms with Gasteiger partial charge in [0.05, 0.1) is 12.2 Å². The highest BCUT2D eigenvalue weighted by Crippen LogP contribution is 2.10. The average Bonchev–Trinajstić information content (AvgIpc) is 2.44. The molecule has 1 heterocycles. The van der Waals surface area contributed by atoms with Crippen LogP contribution in [0.4, 0.5) is 0 Å². The van der Waals surface area contributed by atoms with Crippen LogP contribution in [0.3, 0.4) is 0 Å². The Morgan fingerprint density at radius 1 is 1.19 bits per heavy atom. The number of hydrogen-bond donors (Lipinski definition) is 1. The number of nitrogens with zero attached hydrogens (tertiary/aromatic N) is 1. The summed E-state index contributed by atoms with van der Waals surface area (Å²) in [6.45, 7) is 8.69. The molecular formula is C15H28N2O4. The first-order valence-corrected chi connectivity index (χ1v) is 7.84. The summed E-state index contributed by atoms with van der Waals surface area (Å²) in [7, 11) is 0. The fourth-order valence-electron chi connectivity index (χ4n) is 2.29. The van der Waals surface area contributed by atoms with Crippen molar-refractivity contribution in [2.45, 2.75) is 52.2 Å². The van der Waals surface area contributed by atoms with Crippen molar-refractivity contribution in [1.82, 2.24) is 10.2 Å². The summed E-state index contributed by atoms with van der Waals surface area (Å²) in [6, 6.07) is 0. The van der Waals surface area contributed by atoms with Crippen LogP contribution in [-0.4, -0.2) is 61.8 Å². The monoisotopic (exact) mass is 300 g/mol. The Kier molecular flexibility index (Phi) is 8.30. The van der Waals surface area contributed by atoms with Crippen LogP contribution in [0.2, 0.25) is 0 Å². The molecular weight excluding hydrogens is 272 g/mol. The van der Waals surface area contributed by atoms with E-state index in [1.54, 1.807) is 4.90 Å². The lowest BCUT2D eigenvalue weighted by atomic mass is 10.2. The van der Waals surface area contributed by atoms with E-state index in [9.17, 15) is 9.59 Å². The van der Waals surface area contributed by atoms with Crippen LogP contribution in [0.25, 0.3) is 0 Å². The maximum absolute atomic E-state index is 12.0. The van der Waals surface area contributed by atoms with Crippen molar-refractivity contribution >= 4 is 11.8 Å². The van der Waals surface area contributed by atoms with Crippen molar-refractivity contribution in [2.24, 2.45) is 0 Å². The summed E-state index contributed by atoms with van der Waals surface area (Å²) in [5.74, 6) is -1.01. The summed E-state index contributed by atoms with van der Waals surface area (Å²) in [5.41, 5.74) is 0. The second-order valence-corrected chi connectivity index (χ2v) is 5.54. The van der Waals surface area contributed by atoms with Gasteiger partial charge in [0.1, 0.15) is 0 Å². The van der Waals surface area contributed by atoms with Crippen LogP contribution in [-0.2, 0) is 19.1 Å². The van der Waals surface area contributed by atoms with Gasteiger partial charge in [-0.1, -0.05) is 13.3 Å². The number of morpholine rings is 1. The minimum absolute atomic E-state index is 0.0301. The molecule has 6 heteroatoms. The van der Waals surface area contributed by atoms with Gasteiger partial charge >= 0.3 is 11.8 Å². The van der Waals surface area contributed by atoms with E-state index >= 15 is 0 Å². The lowest BCUT2D eigenvalue weighted by Gasteiger charge is -2.34. The van der Waals surface area contributed by atoms with Crippen molar-refractivity contribution in [1.29, 1.82) is 0 Å². The van der Waals surface area contributed by atoms with Crippen LogP contribution >= 0.6 is 0 Å². The molecule has 0 aromatic heterocycles. The van der Waals surface area contributed by atoms with Crippen LogP contribution in [0.5, 0.6) is 0 Å². The van der Waals surface area contributed by atoms with Gasteiger partial charge in [0.2, 0.25) is 0 Å². The van der Waals surface area contributed by atoms with Gasteiger partial charge in [-0.3, -0.25) is 9.59 Å². The Morgan fingerprint density at radius 2 is 1.81 bits per heavy atom. The van der Waals surface area contributed by atoms with Crippen molar-refractivity contribution in [2.75, 3.05) is 32.8 Å². The molecule has 1 N–H and O–H groups in total.